The van der Waals surface area contributed by atoms with Crippen LogP contribution in [0.2, 0.25) is 0 Å². The molecule has 2 fully saturated rings. The number of piperidine rings is 1. The second-order valence-electron chi connectivity index (χ2n) is 9.02. The molecule has 178 valence electrons. The molecule has 4 heterocycles. The van der Waals surface area contributed by atoms with E-state index in [4.69, 9.17) is 21.4 Å². The van der Waals surface area contributed by atoms with Gasteiger partial charge in [0.25, 0.3) is 5.91 Å². The van der Waals surface area contributed by atoms with Crippen molar-refractivity contribution in [2.45, 2.75) is 36.5 Å². The lowest BCUT2D eigenvalue weighted by molar-refractivity contribution is 0.0297. The van der Waals surface area contributed by atoms with Gasteiger partial charge in [-0.05, 0) is 31.9 Å². The third-order valence-electron chi connectivity index (χ3n) is 6.85. The number of halogens is 1. The summed E-state index contributed by atoms with van der Waals surface area (Å²) in [6.07, 6.45) is 1.92. The first-order chi connectivity index (χ1) is 15.9. The van der Waals surface area contributed by atoms with E-state index in [2.05, 4.69) is 4.90 Å². The third kappa shape index (κ3) is 4.09. The van der Waals surface area contributed by atoms with Gasteiger partial charge >= 0.3 is 0 Å². The van der Waals surface area contributed by atoms with Gasteiger partial charge in [-0.15, -0.1) is 11.6 Å². The molecule has 1 aromatic carbocycles. The molecule has 0 spiro atoms. The zero-order chi connectivity index (χ0) is 23.2. The summed E-state index contributed by atoms with van der Waals surface area (Å²) in [6, 6.07) is 5.60. The average Bonchev–Trinajstić information content (AvgIpc) is 3.18. The number of aryl methyl sites for hydroxylation is 1. The maximum absolute atomic E-state index is 13.5. The standard InChI is InChI=1S/C23H29ClN4O4S/c1-16-4-2-6-18-21-19(15-33(30,31)22(16)18)20(23(29)27-10-12-32-13-11-27)25-28(21)17-5-3-8-26(14-17)9-7-24/h2,4,6,17H,3,5,7-15H2,1H3. The summed E-state index contributed by atoms with van der Waals surface area (Å²) < 4.78 is 34.0. The Balaban J connectivity index is 1.66. The Bertz CT molecular complexity index is 1170. The number of morpholine rings is 1. The number of alkyl halides is 1. The molecule has 2 aromatic rings. The van der Waals surface area contributed by atoms with E-state index in [0.29, 0.717) is 48.2 Å². The molecule has 10 heteroatoms. The van der Waals surface area contributed by atoms with Gasteiger partial charge in [0.1, 0.15) is 0 Å². The second-order valence-corrected chi connectivity index (χ2v) is 11.3. The Morgan fingerprint density at radius 2 is 2.03 bits per heavy atom. The number of fused-ring (bicyclic) bond motifs is 3. The molecule has 8 nitrogen and oxygen atoms in total. The van der Waals surface area contributed by atoms with Crippen LogP contribution in [0.3, 0.4) is 0 Å². The first-order valence-electron chi connectivity index (χ1n) is 11.5. The second kappa shape index (κ2) is 9.02. The molecule has 0 saturated carbocycles. The fourth-order valence-corrected chi connectivity index (χ4v) is 7.41. The van der Waals surface area contributed by atoms with E-state index in [9.17, 15) is 13.2 Å². The molecule has 1 atom stereocenters. The topological polar surface area (TPSA) is 84.7 Å². The van der Waals surface area contributed by atoms with Crippen LogP contribution in [0.4, 0.5) is 0 Å². The smallest absolute Gasteiger partial charge is 0.274 e. The van der Waals surface area contributed by atoms with Crippen molar-refractivity contribution in [3.8, 4) is 11.3 Å². The van der Waals surface area contributed by atoms with E-state index in [1.165, 1.54) is 0 Å². The van der Waals surface area contributed by atoms with E-state index in [1.807, 2.05) is 29.8 Å². The highest BCUT2D eigenvalue weighted by Crippen LogP contribution is 2.43. The Morgan fingerprint density at radius 3 is 2.79 bits per heavy atom. The van der Waals surface area contributed by atoms with Crippen LogP contribution >= 0.6 is 11.6 Å². The van der Waals surface area contributed by atoms with Crippen molar-refractivity contribution < 1.29 is 17.9 Å². The molecule has 3 aliphatic heterocycles. The summed E-state index contributed by atoms with van der Waals surface area (Å²) in [6.45, 7) is 6.30. The number of likely N-dealkylation sites (tertiary alicyclic amines) is 1. The van der Waals surface area contributed by atoms with E-state index in [1.54, 1.807) is 4.90 Å². The van der Waals surface area contributed by atoms with Crippen molar-refractivity contribution in [3.63, 3.8) is 0 Å². The largest absolute Gasteiger partial charge is 0.378 e. The molecule has 1 amide bonds. The SMILES string of the molecule is Cc1cccc2c1S(=O)(=O)Cc1c(C(=O)N3CCOCC3)nn(C3CCCN(CCCl)C3)c1-2. The molecule has 0 N–H and O–H groups in total. The van der Waals surface area contributed by atoms with Crippen molar-refractivity contribution in [2.75, 3.05) is 51.8 Å². The Morgan fingerprint density at radius 1 is 1.24 bits per heavy atom. The van der Waals surface area contributed by atoms with Crippen molar-refractivity contribution in [1.29, 1.82) is 0 Å². The molecular formula is C23H29ClN4O4S. The normalized spacial score (nSPS) is 22.6. The van der Waals surface area contributed by atoms with Gasteiger partial charge in [0.2, 0.25) is 0 Å². The van der Waals surface area contributed by atoms with Gasteiger partial charge in [-0.3, -0.25) is 9.48 Å². The third-order valence-corrected chi connectivity index (χ3v) is 8.85. The lowest BCUT2D eigenvalue weighted by Gasteiger charge is -2.33. The van der Waals surface area contributed by atoms with Gasteiger partial charge in [0.15, 0.2) is 15.5 Å². The fourth-order valence-electron chi connectivity index (χ4n) is 5.31. The lowest BCUT2D eigenvalue weighted by Crippen LogP contribution is -2.41. The first kappa shape index (κ1) is 22.8. The molecule has 5 rings (SSSR count). The van der Waals surface area contributed by atoms with Crippen molar-refractivity contribution in [1.82, 2.24) is 19.6 Å². The zero-order valence-electron chi connectivity index (χ0n) is 18.8. The minimum absolute atomic E-state index is 0.0520. The van der Waals surface area contributed by atoms with Crippen LogP contribution in [0.1, 0.15) is 40.5 Å². The monoisotopic (exact) mass is 492 g/mol. The van der Waals surface area contributed by atoms with Crippen molar-refractivity contribution >= 4 is 27.3 Å². The maximum atomic E-state index is 13.5. The average molecular weight is 493 g/mol. The number of rotatable bonds is 4. The number of benzene rings is 1. The Labute approximate surface area is 199 Å². The number of carbonyl (C=O) groups excluding carboxylic acids is 1. The summed E-state index contributed by atoms with van der Waals surface area (Å²) in [5.74, 6) is 0.141. The summed E-state index contributed by atoms with van der Waals surface area (Å²) in [5, 5.41) is 4.84. The fraction of sp³-hybridized carbons (Fsp3) is 0.565. The summed E-state index contributed by atoms with van der Waals surface area (Å²) >= 11 is 6.00. The van der Waals surface area contributed by atoms with Gasteiger partial charge in [0, 0.05) is 43.2 Å². The predicted octanol–water partition coefficient (Wildman–Crippen LogP) is 2.49. The highest BCUT2D eigenvalue weighted by Gasteiger charge is 2.39. The van der Waals surface area contributed by atoms with Gasteiger partial charge in [-0.2, -0.15) is 5.10 Å². The van der Waals surface area contributed by atoms with Crippen LogP contribution in [-0.4, -0.2) is 85.7 Å². The molecule has 1 aromatic heterocycles. The van der Waals surface area contributed by atoms with Crippen molar-refractivity contribution in [2.24, 2.45) is 0 Å². The van der Waals surface area contributed by atoms with Crippen molar-refractivity contribution in [3.05, 3.63) is 35.0 Å². The Hall–Kier alpha value is -1.94. The minimum Gasteiger partial charge on any atom is -0.378 e. The van der Waals surface area contributed by atoms with E-state index in [0.717, 1.165) is 43.7 Å². The van der Waals surface area contributed by atoms with Crippen LogP contribution < -0.4 is 0 Å². The summed E-state index contributed by atoms with van der Waals surface area (Å²) in [5.41, 5.74) is 2.94. The van der Waals surface area contributed by atoms with E-state index in [-0.39, 0.29) is 23.4 Å². The van der Waals surface area contributed by atoms with Crippen LogP contribution in [0.15, 0.2) is 23.1 Å². The number of carbonyl (C=O) groups is 1. The minimum atomic E-state index is -3.59. The van der Waals surface area contributed by atoms with Gasteiger partial charge in [-0.1, -0.05) is 18.2 Å². The van der Waals surface area contributed by atoms with Crippen LogP contribution in [0.25, 0.3) is 11.3 Å². The highest BCUT2D eigenvalue weighted by atomic mass is 35.5. The lowest BCUT2D eigenvalue weighted by atomic mass is 10.0. The molecule has 2 saturated heterocycles. The number of amides is 1. The van der Waals surface area contributed by atoms with Gasteiger partial charge in [0.05, 0.1) is 35.6 Å². The number of hydrogen-bond acceptors (Lipinski definition) is 6. The van der Waals surface area contributed by atoms with E-state index >= 15 is 0 Å². The van der Waals surface area contributed by atoms with Gasteiger partial charge in [-0.25, -0.2) is 8.42 Å². The molecular weight excluding hydrogens is 464 g/mol. The first-order valence-corrected chi connectivity index (χ1v) is 13.7. The quantitative estimate of drug-likeness (QED) is 0.610. The Kier molecular flexibility index (Phi) is 6.24. The molecule has 0 aliphatic carbocycles. The number of hydrogen-bond donors (Lipinski definition) is 0. The van der Waals surface area contributed by atoms with Crippen LogP contribution in [0, 0.1) is 6.92 Å². The van der Waals surface area contributed by atoms with E-state index < -0.39 is 9.84 Å². The molecule has 3 aliphatic rings. The predicted molar refractivity (Wildman–Crippen MR) is 125 cm³/mol. The molecule has 33 heavy (non-hydrogen) atoms. The molecule has 1 unspecified atom stereocenters. The maximum Gasteiger partial charge on any atom is 0.274 e. The zero-order valence-corrected chi connectivity index (χ0v) is 20.4. The summed E-state index contributed by atoms with van der Waals surface area (Å²) in [4.78, 5) is 17.9. The number of sulfone groups is 1. The van der Waals surface area contributed by atoms with Crippen LogP contribution in [-0.2, 0) is 20.3 Å². The van der Waals surface area contributed by atoms with Crippen LogP contribution in [0.5, 0.6) is 0 Å². The van der Waals surface area contributed by atoms with Gasteiger partial charge < -0.3 is 14.5 Å². The number of ether oxygens (including phenoxy) is 1. The highest BCUT2D eigenvalue weighted by molar-refractivity contribution is 7.91. The number of nitrogens with zero attached hydrogens (tertiary/aromatic N) is 4. The molecule has 0 radical (unpaired) electrons. The summed E-state index contributed by atoms with van der Waals surface area (Å²) in [7, 11) is -3.59. The number of aromatic nitrogens is 2. The molecule has 0 bridgehead atoms.